The van der Waals surface area contributed by atoms with E-state index in [1.165, 1.54) is 16.6 Å². The summed E-state index contributed by atoms with van der Waals surface area (Å²) in [5, 5.41) is 0.166. The van der Waals surface area contributed by atoms with E-state index in [9.17, 15) is 8.42 Å². The van der Waals surface area contributed by atoms with Crippen molar-refractivity contribution in [1.82, 2.24) is 9.29 Å². The van der Waals surface area contributed by atoms with E-state index < -0.39 is 10.0 Å². The number of hydrogen-bond donors (Lipinski definition) is 2. The maximum atomic E-state index is 12.5. The number of thioether (sulfide) groups is 1. The first kappa shape index (κ1) is 17.5. The Balaban J connectivity index is 3.01. The summed E-state index contributed by atoms with van der Waals surface area (Å²) in [5.41, 5.74) is 2.30. The molecule has 0 aromatic carbocycles. The highest BCUT2D eigenvalue weighted by molar-refractivity contribution is 7.98. The molecule has 1 atom stereocenters. The second-order valence-corrected chi connectivity index (χ2v) is 7.69. The van der Waals surface area contributed by atoms with Crippen LogP contribution in [0.3, 0.4) is 0 Å². The van der Waals surface area contributed by atoms with Crippen LogP contribution in [0.2, 0.25) is 5.02 Å². The first-order valence-corrected chi connectivity index (χ1v) is 9.15. The largest absolute Gasteiger partial charge is 0.307 e. The Morgan fingerprint density at radius 2 is 2.25 bits per heavy atom. The van der Waals surface area contributed by atoms with Crippen molar-refractivity contribution in [1.29, 1.82) is 0 Å². The zero-order valence-electron chi connectivity index (χ0n) is 11.6. The molecule has 0 spiro atoms. The Morgan fingerprint density at radius 1 is 1.60 bits per heavy atom. The molecule has 0 aliphatic carbocycles. The molecule has 0 radical (unpaired) electrons. The number of rotatable bonds is 7. The number of hydrazine groups is 1. The molecule has 1 unspecified atom stereocenters. The van der Waals surface area contributed by atoms with E-state index in [2.05, 4.69) is 10.4 Å². The lowest BCUT2D eigenvalue weighted by atomic mass is 10.3. The van der Waals surface area contributed by atoms with Gasteiger partial charge in [-0.1, -0.05) is 11.6 Å². The second kappa shape index (κ2) is 7.46. The Bertz CT molecular complexity index is 553. The molecule has 1 aromatic heterocycles. The van der Waals surface area contributed by atoms with E-state index in [-0.39, 0.29) is 21.8 Å². The van der Waals surface area contributed by atoms with Gasteiger partial charge in [-0.05, 0) is 31.4 Å². The lowest BCUT2D eigenvalue weighted by molar-refractivity contribution is 0.382. The van der Waals surface area contributed by atoms with Gasteiger partial charge in [0, 0.05) is 19.3 Å². The van der Waals surface area contributed by atoms with Crippen molar-refractivity contribution >= 4 is 39.2 Å². The van der Waals surface area contributed by atoms with Gasteiger partial charge in [0.15, 0.2) is 5.82 Å². The minimum absolute atomic E-state index is 0.0556. The zero-order chi connectivity index (χ0) is 15.3. The Labute approximate surface area is 129 Å². The summed E-state index contributed by atoms with van der Waals surface area (Å²) in [5.74, 6) is 6.35. The van der Waals surface area contributed by atoms with Crippen LogP contribution < -0.4 is 11.3 Å². The highest BCUT2D eigenvalue weighted by atomic mass is 35.5. The molecular formula is C11H19ClN4O2S2. The van der Waals surface area contributed by atoms with Crippen molar-refractivity contribution in [3.63, 3.8) is 0 Å². The predicted molar refractivity (Wildman–Crippen MR) is 84.5 cm³/mol. The van der Waals surface area contributed by atoms with Gasteiger partial charge in [0.05, 0.1) is 5.02 Å². The Kier molecular flexibility index (Phi) is 6.53. The molecule has 3 N–H and O–H groups in total. The molecule has 0 amide bonds. The monoisotopic (exact) mass is 338 g/mol. The molecule has 0 aliphatic heterocycles. The van der Waals surface area contributed by atoms with E-state index in [1.54, 1.807) is 18.8 Å². The van der Waals surface area contributed by atoms with Crippen LogP contribution in [0.25, 0.3) is 0 Å². The van der Waals surface area contributed by atoms with Crippen molar-refractivity contribution in [2.45, 2.75) is 24.3 Å². The van der Waals surface area contributed by atoms with Gasteiger partial charge in [0.25, 0.3) is 0 Å². The van der Waals surface area contributed by atoms with Gasteiger partial charge < -0.3 is 5.43 Å². The van der Waals surface area contributed by atoms with Crippen LogP contribution in [0.5, 0.6) is 0 Å². The van der Waals surface area contributed by atoms with Gasteiger partial charge in [0.2, 0.25) is 10.0 Å². The number of halogens is 1. The molecule has 6 nitrogen and oxygen atoms in total. The number of hydrogen-bond acceptors (Lipinski definition) is 6. The molecule has 0 bridgehead atoms. The van der Waals surface area contributed by atoms with Crippen LogP contribution >= 0.6 is 23.4 Å². The highest BCUT2D eigenvalue weighted by Gasteiger charge is 2.26. The van der Waals surface area contributed by atoms with Crippen LogP contribution in [0, 0.1) is 0 Å². The first-order chi connectivity index (χ1) is 9.34. The molecule has 0 fully saturated rings. The highest BCUT2D eigenvalue weighted by Crippen LogP contribution is 2.24. The molecule has 0 saturated carbocycles. The smallest absolute Gasteiger partial charge is 0.244 e. The fourth-order valence-corrected chi connectivity index (χ4v) is 3.77. The number of anilines is 1. The molecule has 0 saturated heterocycles. The van der Waals surface area contributed by atoms with E-state index in [1.807, 2.05) is 13.2 Å². The summed E-state index contributed by atoms with van der Waals surface area (Å²) in [7, 11) is -2.05. The lowest BCUT2D eigenvalue weighted by Crippen LogP contribution is -2.35. The third kappa shape index (κ3) is 3.98. The molecule has 0 aliphatic rings. The second-order valence-electron chi connectivity index (χ2n) is 4.30. The molecule has 20 heavy (non-hydrogen) atoms. The van der Waals surface area contributed by atoms with Crippen LogP contribution in [0.15, 0.2) is 17.2 Å². The minimum Gasteiger partial charge on any atom is -0.307 e. The molecule has 1 heterocycles. The fraction of sp³-hybridized carbons (Fsp3) is 0.545. The summed E-state index contributed by atoms with van der Waals surface area (Å²) < 4.78 is 26.3. The van der Waals surface area contributed by atoms with Crippen molar-refractivity contribution in [3.05, 3.63) is 17.3 Å². The van der Waals surface area contributed by atoms with Gasteiger partial charge in [-0.25, -0.2) is 19.2 Å². The fourth-order valence-electron chi connectivity index (χ4n) is 1.54. The molecule has 9 heteroatoms. The summed E-state index contributed by atoms with van der Waals surface area (Å²) in [6.45, 7) is 1.87. The van der Waals surface area contributed by atoms with E-state index in [4.69, 9.17) is 17.4 Å². The van der Waals surface area contributed by atoms with Crippen LogP contribution in [-0.2, 0) is 10.0 Å². The van der Waals surface area contributed by atoms with Gasteiger partial charge in [-0.2, -0.15) is 16.1 Å². The van der Waals surface area contributed by atoms with Crippen LogP contribution in [-0.4, -0.2) is 42.8 Å². The van der Waals surface area contributed by atoms with Crippen molar-refractivity contribution in [2.24, 2.45) is 5.84 Å². The van der Waals surface area contributed by atoms with Gasteiger partial charge in [0.1, 0.15) is 4.90 Å². The number of nitrogens with zero attached hydrogens (tertiary/aromatic N) is 2. The quantitative estimate of drug-likeness (QED) is 0.582. The number of nitrogens with two attached hydrogens (primary N) is 1. The number of aromatic nitrogens is 1. The van der Waals surface area contributed by atoms with Crippen LogP contribution in [0.4, 0.5) is 5.82 Å². The topological polar surface area (TPSA) is 88.3 Å². The normalized spacial score (nSPS) is 13.5. The lowest BCUT2D eigenvalue weighted by Gasteiger charge is -2.24. The molecule has 1 aromatic rings. The summed E-state index contributed by atoms with van der Waals surface area (Å²) in [6, 6.07) is 1.25. The van der Waals surface area contributed by atoms with Gasteiger partial charge in [-0.3, -0.25) is 0 Å². The average molecular weight is 339 g/mol. The van der Waals surface area contributed by atoms with Gasteiger partial charge in [-0.15, -0.1) is 0 Å². The third-order valence-electron chi connectivity index (χ3n) is 2.99. The summed E-state index contributed by atoms with van der Waals surface area (Å²) in [4.78, 5) is 3.94. The van der Waals surface area contributed by atoms with Crippen LogP contribution in [0.1, 0.15) is 13.3 Å². The van der Waals surface area contributed by atoms with Gasteiger partial charge >= 0.3 is 0 Å². The van der Waals surface area contributed by atoms with Crippen molar-refractivity contribution < 1.29 is 8.42 Å². The number of sulfonamides is 1. The molecule has 1 rings (SSSR count). The zero-order valence-corrected chi connectivity index (χ0v) is 14.0. The van der Waals surface area contributed by atoms with E-state index in [0.717, 1.165) is 12.2 Å². The summed E-state index contributed by atoms with van der Waals surface area (Å²) in [6.07, 6.45) is 4.01. The first-order valence-electron chi connectivity index (χ1n) is 5.93. The number of nitrogen functional groups attached to an aromatic ring is 1. The predicted octanol–water partition coefficient (Wildman–Crippen LogP) is 1.78. The Morgan fingerprint density at radius 3 is 2.75 bits per heavy atom. The standard InChI is InChI=1S/C11H19ClN4O2S2/c1-8(4-5-19-3)16(2)20(17,18)9-6-10(12)11(15-13)14-7-9/h6-8H,4-5,13H2,1-3H3,(H,14,15). The van der Waals surface area contributed by atoms with E-state index in [0.29, 0.717) is 0 Å². The number of nitrogens with one attached hydrogen (secondary N) is 1. The minimum atomic E-state index is -3.61. The third-order valence-corrected chi connectivity index (χ3v) is 5.86. The molecule has 114 valence electrons. The SMILES string of the molecule is CSCCC(C)N(C)S(=O)(=O)c1cnc(NN)c(Cl)c1. The summed E-state index contributed by atoms with van der Waals surface area (Å²) >= 11 is 7.60. The Hall–Kier alpha value is -0.540. The maximum Gasteiger partial charge on any atom is 0.244 e. The van der Waals surface area contributed by atoms with E-state index >= 15 is 0 Å². The van der Waals surface area contributed by atoms with Crippen molar-refractivity contribution in [2.75, 3.05) is 24.5 Å². The van der Waals surface area contributed by atoms with Crippen molar-refractivity contribution in [3.8, 4) is 0 Å². The number of pyridine rings is 1. The molecular weight excluding hydrogens is 320 g/mol. The maximum absolute atomic E-state index is 12.5. The average Bonchev–Trinajstić information content (AvgIpc) is 2.43.